The summed E-state index contributed by atoms with van der Waals surface area (Å²) in [6.07, 6.45) is 3.84. The molecule has 0 radical (unpaired) electrons. The lowest BCUT2D eigenvalue weighted by Gasteiger charge is -2.42. The van der Waals surface area contributed by atoms with Gasteiger partial charge in [-0.15, -0.1) is 0 Å². The normalized spacial score (nSPS) is 42.4. The Morgan fingerprint density at radius 3 is 2.67 bits per heavy atom. The maximum absolute atomic E-state index is 10.5. The average molecular weight is 243 g/mol. The van der Waals surface area contributed by atoms with Gasteiger partial charge in [-0.3, -0.25) is 4.90 Å². The Bertz CT molecular complexity index is 428. The third-order valence-electron chi connectivity index (χ3n) is 5.34. The number of aliphatic hydroxyl groups is 1. The number of piperidine rings is 1. The summed E-state index contributed by atoms with van der Waals surface area (Å²) in [5, 5.41) is 10.5. The van der Waals surface area contributed by atoms with Gasteiger partial charge in [-0.1, -0.05) is 30.3 Å². The number of aliphatic hydroxyl groups excluding tert-OH is 1. The van der Waals surface area contributed by atoms with E-state index >= 15 is 0 Å². The standard InChI is InChI=1S/C16H21NO/c18-16-14-7-12-6-13(8-14)15(16)17(10-12)9-11-4-2-1-3-5-11/h1-5,12-16,18H,6-10H2. The van der Waals surface area contributed by atoms with Crippen molar-refractivity contribution >= 4 is 0 Å². The second kappa shape index (κ2) is 4.07. The lowest BCUT2D eigenvalue weighted by Crippen LogP contribution is -2.48. The molecule has 2 heteroatoms. The van der Waals surface area contributed by atoms with Crippen LogP contribution in [-0.4, -0.2) is 28.7 Å². The van der Waals surface area contributed by atoms with Crippen LogP contribution in [0, 0.1) is 17.8 Å². The SMILES string of the molecule is OC1C2CC3CC(C2)C1N(Cc1ccccc1)C3. The molecule has 18 heavy (non-hydrogen) atoms. The van der Waals surface area contributed by atoms with Gasteiger partial charge in [-0.05, 0) is 42.6 Å². The van der Waals surface area contributed by atoms with Gasteiger partial charge in [-0.25, -0.2) is 0 Å². The van der Waals surface area contributed by atoms with E-state index in [1.54, 1.807) is 0 Å². The highest BCUT2D eigenvalue weighted by molar-refractivity contribution is 5.16. The highest BCUT2D eigenvalue weighted by Gasteiger charge is 2.53. The van der Waals surface area contributed by atoms with Gasteiger partial charge in [0.05, 0.1) is 6.10 Å². The monoisotopic (exact) mass is 243 g/mol. The van der Waals surface area contributed by atoms with Gasteiger partial charge < -0.3 is 5.11 Å². The third-order valence-corrected chi connectivity index (χ3v) is 5.34. The number of rotatable bonds is 2. The van der Waals surface area contributed by atoms with Crippen LogP contribution < -0.4 is 0 Å². The molecule has 3 aliphatic rings. The van der Waals surface area contributed by atoms with E-state index in [1.165, 1.54) is 31.4 Å². The second-order valence-corrected chi connectivity index (χ2v) is 6.49. The molecule has 2 saturated carbocycles. The summed E-state index contributed by atoms with van der Waals surface area (Å²) in [5.74, 6) is 2.20. The Hall–Kier alpha value is -0.860. The second-order valence-electron chi connectivity index (χ2n) is 6.49. The molecule has 1 saturated heterocycles. The fourth-order valence-corrected chi connectivity index (χ4v) is 4.75. The smallest absolute Gasteiger partial charge is 0.0726 e. The number of hydrogen-bond donors (Lipinski definition) is 1. The van der Waals surface area contributed by atoms with Crippen molar-refractivity contribution in [3.8, 4) is 0 Å². The molecule has 1 aliphatic heterocycles. The van der Waals surface area contributed by atoms with E-state index in [-0.39, 0.29) is 6.10 Å². The Balaban J connectivity index is 1.59. The molecule has 0 spiro atoms. The number of hydrogen-bond acceptors (Lipinski definition) is 2. The van der Waals surface area contributed by atoms with Crippen LogP contribution in [0.15, 0.2) is 30.3 Å². The minimum atomic E-state index is -0.0637. The van der Waals surface area contributed by atoms with Crippen LogP contribution in [0.5, 0.6) is 0 Å². The minimum absolute atomic E-state index is 0.0637. The van der Waals surface area contributed by atoms with E-state index < -0.39 is 0 Å². The van der Waals surface area contributed by atoms with Crippen molar-refractivity contribution in [2.24, 2.45) is 17.8 Å². The van der Waals surface area contributed by atoms with Crippen molar-refractivity contribution in [1.29, 1.82) is 0 Å². The van der Waals surface area contributed by atoms with Gasteiger partial charge >= 0.3 is 0 Å². The summed E-state index contributed by atoms with van der Waals surface area (Å²) in [6.45, 7) is 2.21. The zero-order valence-electron chi connectivity index (χ0n) is 10.7. The molecule has 5 unspecified atom stereocenters. The summed E-state index contributed by atoms with van der Waals surface area (Å²) in [6, 6.07) is 11.1. The van der Waals surface area contributed by atoms with Crippen LogP contribution >= 0.6 is 0 Å². The lowest BCUT2D eigenvalue weighted by molar-refractivity contribution is 0.0185. The molecule has 5 atom stereocenters. The topological polar surface area (TPSA) is 23.5 Å². The lowest BCUT2D eigenvalue weighted by atomic mass is 9.78. The maximum Gasteiger partial charge on any atom is 0.0726 e. The Morgan fingerprint density at radius 1 is 1.06 bits per heavy atom. The fourth-order valence-electron chi connectivity index (χ4n) is 4.75. The number of likely N-dealkylation sites (tertiary alicyclic amines) is 1. The number of nitrogens with zero attached hydrogens (tertiary/aromatic N) is 1. The van der Waals surface area contributed by atoms with E-state index in [4.69, 9.17) is 0 Å². The fraction of sp³-hybridized carbons (Fsp3) is 0.625. The summed E-state index contributed by atoms with van der Waals surface area (Å²) in [4.78, 5) is 2.56. The zero-order valence-corrected chi connectivity index (χ0v) is 10.7. The molecule has 0 amide bonds. The molecule has 1 N–H and O–H groups in total. The summed E-state index contributed by atoms with van der Waals surface area (Å²) >= 11 is 0. The van der Waals surface area contributed by atoms with Crippen molar-refractivity contribution in [2.45, 2.75) is 38.0 Å². The van der Waals surface area contributed by atoms with Gasteiger partial charge in [0, 0.05) is 19.1 Å². The first-order chi connectivity index (χ1) is 8.81. The molecule has 1 aromatic rings. The summed E-state index contributed by atoms with van der Waals surface area (Å²) in [7, 11) is 0. The molecule has 3 fully saturated rings. The highest BCUT2D eigenvalue weighted by atomic mass is 16.3. The van der Waals surface area contributed by atoms with Crippen LogP contribution in [0.1, 0.15) is 24.8 Å². The van der Waals surface area contributed by atoms with Crippen molar-refractivity contribution in [1.82, 2.24) is 4.90 Å². The molecule has 0 aromatic heterocycles. The molecule has 1 aromatic carbocycles. The van der Waals surface area contributed by atoms with E-state index in [1.807, 2.05) is 0 Å². The Kier molecular flexibility index (Phi) is 2.49. The summed E-state index contributed by atoms with van der Waals surface area (Å²) < 4.78 is 0. The zero-order chi connectivity index (χ0) is 12.1. The van der Waals surface area contributed by atoms with Crippen LogP contribution in [0.3, 0.4) is 0 Å². The van der Waals surface area contributed by atoms with Gasteiger partial charge in [0.15, 0.2) is 0 Å². The third kappa shape index (κ3) is 1.63. The minimum Gasteiger partial charge on any atom is -0.391 e. The Morgan fingerprint density at radius 2 is 1.83 bits per heavy atom. The molecule has 2 nitrogen and oxygen atoms in total. The van der Waals surface area contributed by atoms with Crippen molar-refractivity contribution in [2.75, 3.05) is 6.54 Å². The molecular formula is C16H21NO. The largest absolute Gasteiger partial charge is 0.391 e. The first-order valence-electron chi connectivity index (χ1n) is 7.27. The van der Waals surface area contributed by atoms with Gasteiger partial charge in [-0.2, -0.15) is 0 Å². The average Bonchev–Trinajstić information content (AvgIpc) is 2.55. The van der Waals surface area contributed by atoms with Crippen molar-refractivity contribution < 1.29 is 5.11 Å². The van der Waals surface area contributed by atoms with E-state index in [2.05, 4.69) is 35.2 Å². The predicted octanol–water partition coefficient (Wildman–Crippen LogP) is 2.28. The van der Waals surface area contributed by atoms with Crippen molar-refractivity contribution in [3.63, 3.8) is 0 Å². The molecule has 96 valence electrons. The van der Waals surface area contributed by atoms with Crippen LogP contribution in [0.25, 0.3) is 0 Å². The predicted molar refractivity (Wildman–Crippen MR) is 71.0 cm³/mol. The first-order valence-corrected chi connectivity index (χ1v) is 7.27. The van der Waals surface area contributed by atoms with Crippen LogP contribution in [-0.2, 0) is 6.54 Å². The summed E-state index contributed by atoms with van der Waals surface area (Å²) in [5.41, 5.74) is 1.38. The van der Waals surface area contributed by atoms with Gasteiger partial charge in [0.2, 0.25) is 0 Å². The van der Waals surface area contributed by atoms with E-state index in [9.17, 15) is 5.11 Å². The van der Waals surface area contributed by atoms with Crippen LogP contribution in [0.4, 0.5) is 0 Å². The molecule has 4 rings (SSSR count). The molecule has 2 aliphatic carbocycles. The molecular weight excluding hydrogens is 222 g/mol. The van der Waals surface area contributed by atoms with Crippen molar-refractivity contribution in [3.05, 3.63) is 35.9 Å². The van der Waals surface area contributed by atoms with E-state index in [0.29, 0.717) is 12.0 Å². The number of benzene rings is 1. The van der Waals surface area contributed by atoms with Gasteiger partial charge in [0.25, 0.3) is 0 Å². The maximum atomic E-state index is 10.5. The molecule has 3 bridgehead atoms. The van der Waals surface area contributed by atoms with E-state index in [0.717, 1.165) is 18.4 Å². The highest BCUT2D eigenvalue weighted by Crippen LogP contribution is 2.51. The Labute approximate surface area is 109 Å². The quantitative estimate of drug-likeness (QED) is 0.861. The first kappa shape index (κ1) is 11.0. The van der Waals surface area contributed by atoms with Crippen LogP contribution in [0.2, 0.25) is 0 Å². The number of fused-ring (bicyclic) bond motifs is 2. The molecule has 1 heterocycles. The van der Waals surface area contributed by atoms with Gasteiger partial charge in [0.1, 0.15) is 0 Å².